The number of primary amides is 1. The van der Waals surface area contributed by atoms with Crippen LogP contribution in [0.5, 0.6) is 0 Å². The molecule has 3 rings (SSSR count). The number of aromatic nitrogens is 2. The molecule has 1 atom stereocenters. The highest BCUT2D eigenvalue weighted by Gasteiger charge is 2.37. The largest absolute Gasteiger partial charge is 0.368 e. The lowest BCUT2D eigenvalue weighted by Gasteiger charge is -2.36. The molecule has 0 bridgehead atoms. The number of nitrogens with zero attached hydrogens (tertiary/aromatic N) is 4. The Morgan fingerprint density at radius 2 is 1.74 bits per heavy atom. The summed E-state index contributed by atoms with van der Waals surface area (Å²) < 4.78 is 0. The molecule has 2 heterocycles. The average molecular weight is 368 g/mol. The topological polar surface area (TPSA) is 101 Å². The predicted octanol–water partition coefficient (Wildman–Crippen LogP) is 1.49. The average Bonchev–Trinajstić information content (AvgIpc) is 2.68. The zero-order chi connectivity index (χ0) is 19.4. The van der Waals surface area contributed by atoms with Gasteiger partial charge in [0, 0.05) is 38.1 Å². The zero-order valence-corrected chi connectivity index (χ0v) is 16.0. The molecule has 0 unspecified atom stereocenters. The quantitative estimate of drug-likeness (QED) is 0.801. The summed E-state index contributed by atoms with van der Waals surface area (Å²) in [6.07, 6.45) is 2.10. The molecule has 2 aromatic rings. The van der Waals surface area contributed by atoms with Gasteiger partial charge in [-0.2, -0.15) is 0 Å². The first-order chi connectivity index (χ1) is 12.9. The monoisotopic (exact) mass is 368 g/mol. The number of hydrogen-bond acceptors (Lipinski definition) is 6. The molecule has 4 N–H and O–H groups in total. The maximum atomic E-state index is 12.1. The Labute approximate surface area is 160 Å². The Hall–Kier alpha value is -2.67. The van der Waals surface area contributed by atoms with E-state index in [1.165, 1.54) is 5.69 Å². The molecular formula is C20H28N6O. The van der Waals surface area contributed by atoms with Crippen molar-refractivity contribution in [2.24, 2.45) is 17.4 Å². The van der Waals surface area contributed by atoms with Crippen LogP contribution in [0, 0.1) is 5.92 Å². The fraction of sp³-hybridized carbons (Fsp3) is 0.450. The van der Waals surface area contributed by atoms with Crippen molar-refractivity contribution in [2.45, 2.75) is 25.8 Å². The number of anilines is 2. The standard InChI is InChI=1S/C20H28N6O/c1-15(2)14-20(22,18(21)27)17-8-9-23-19(24-17)26-12-10-25(11-13-26)16-6-4-3-5-7-16/h3-9,15H,10-14,22H2,1-2H3,(H2,21,27)/t20-/m1/s1. The maximum absolute atomic E-state index is 12.1. The molecule has 1 fully saturated rings. The van der Waals surface area contributed by atoms with Crippen LogP contribution < -0.4 is 21.3 Å². The Morgan fingerprint density at radius 3 is 2.33 bits per heavy atom. The van der Waals surface area contributed by atoms with Gasteiger partial charge in [-0.15, -0.1) is 0 Å². The zero-order valence-electron chi connectivity index (χ0n) is 16.0. The Morgan fingerprint density at radius 1 is 1.11 bits per heavy atom. The van der Waals surface area contributed by atoms with Crippen LogP contribution in [0.2, 0.25) is 0 Å². The fourth-order valence-corrected chi connectivity index (χ4v) is 3.53. The molecule has 1 aromatic heterocycles. The van der Waals surface area contributed by atoms with E-state index in [1.54, 1.807) is 12.3 Å². The second-order valence-electron chi connectivity index (χ2n) is 7.49. The third kappa shape index (κ3) is 4.19. The Bertz CT molecular complexity index is 773. The normalized spacial score (nSPS) is 17.0. The van der Waals surface area contributed by atoms with Crippen LogP contribution in [0.25, 0.3) is 0 Å². The molecule has 1 aromatic carbocycles. The van der Waals surface area contributed by atoms with E-state index in [0.717, 1.165) is 26.2 Å². The minimum absolute atomic E-state index is 0.218. The fourth-order valence-electron chi connectivity index (χ4n) is 3.53. The third-order valence-electron chi connectivity index (χ3n) is 4.95. The van der Waals surface area contributed by atoms with Gasteiger partial charge in [0.15, 0.2) is 0 Å². The molecule has 7 heteroatoms. The maximum Gasteiger partial charge on any atom is 0.243 e. The van der Waals surface area contributed by atoms with Crippen molar-refractivity contribution in [1.29, 1.82) is 0 Å². The number of para-hydroxylation sites is 1. The first-order valence-corrected chi connectivity index (χ1v) is 9.37. The smallest absolute Gasteiger partial charge is 0.243 e. The van der Waals surface area contributed by atoms with Crippen molar-refractivity contribution < 1.29 is 4.79 Å². The predicted molar refractivity (Wildman–Crippen MR) is 107 cm³/mol. The molecule has 1 amide bonds. The van der Waals surface area contributed by atoms with Crippen molar-refractivity contribution in [3.05, 3.63) is 48.3 Å². The number of rotatable bonds is 6. The van der Waals surface area contributed by atoms with E-state index in [0.29, 0.717) is 18.1 Å². The summed E-state index contributed by atoms with van der Waals surface area (Å²) in [6, 6.07) is 12.1. The first-order valence-electron chi connectivity index (χ1n) is 9.37. The highest BCUT2D eigenvalue weighted by Crippen LogP contribution is 2.26. The summed E-state index contributed by atoms with van der Waals surface area (Å²) in [5, 5.41) is 0. The minimum Gasteiger partial charge on any atom is -0.368 e. The van der Waals surface area contributed by atoms with Gasteiger partial charge in [-0.1, -0.05) is 32.0 Å². The lowest BCUT2D eigenvalue weighted by molar-refractivity contribution is -0.124. The van der Waals surface area contributed by atoms with E-state index >= 15 is 0 Å². The van der Waals surface area contributed by atoms with Gasteiger partial charge in [-0.25, -0.2) is 9.97 Å². The summed E-state index contributed by atoms with van der Waals surface area (Å²) in [5.41, 5.74) is 12.4. The van der Waals surface area contributed by atoms with Gasteiger partial charge >= 0.3 is 0 Å². The van der Waals surface area contributed by atoms with Crippen LogP contribution in [0.15, 0.2) is 42.6 Å². The van der Waals surface area contributed by atoms with E-state index in [1.807, 2.05) is 32.0 Å². The molecule has 144 valence electrons. The number of nitrogens with two attached hydrogens (primary N) is 2. The van der Waals surface area contributed by atoms with Gasteiger partial charge in [-0.3, -0.25) is 4.79 Å². The molecular weight excluding hydrogens is 340 g/mol. The number of hydrogen-bond donors (Lipinski definition) is 2. The highest BCUT2D eigenvalue weighted by molar-refractivity contribution is 5.85. The molecule has 0 saturated carbocycles. The highest BCUT2D eigenvalue weighted by atomic mass is 16.1. The van der Waals surface area contributed by atoms with Gasteiger partial charge in [-0.05, 0) is 30.5 Å². The van der Waals surface area contributed by atoms with E-state index in [4.69, 9.17) is 11.5 Å². The molecule has 0 spiro atoms. The van der Waals surface area contributed by atoms with Gasteiger partial charge in [0.2, 0.25) is 11.9 Å². The SMILES string of the molecule is CC(C)C[C@](N)(C(N)=O)c1ccnc(N2CCN(c3ccccc3)CC2)n1. The number of benzene rings is 1. The minimum atomic E-state index is -1.28. The molecule has 27 heavy (non-hydrogen) atoms. The molecule has 0 aliphatic carbocycles. The number of piperazine rings is 1. The van der Waals surface area contributed by atoms with Crippen LogP contribution in [0.4, 0.5) is 11.6 Å². The second kappa shape index (κ2) is 7.92. The summed E-state index contributed by atoms with van der Waals surface area (Å²) in [4.78, 5) is 25.5. The molecule has 1 saturated heterocycles. The molecule has 1 aliphatic rings. The summed E-state index contributed by atoms with van der Waals surface area (Å²) in [7, 11) is 0. The first kappa shape index (κ1) is 19.1. The van der Waals surface area contributed by atoms with Crippen molar-refractivity contribution in [1.82, 2.24) is 9.97 Å². The number of amides is 1. The van der Waals surface area contributed by atoms with Crippen LogP contribution in [0.1, 0.15) is 26.0 Å². The molecule has 1 aliphatic heterocycles. The third-order valence-corrected chi connectivity index (χ3v) is 4.95. The van der Waals surface area contributed by atoms with E-state index in [9.17, 15) is 4.79 Å². The van der Waals surface area contributed by atoms with E-state index in [-0.39, 0.29) is 5.92 Å². The van der Waals surface area contributed by atoms with Crippen molar-refractivity contribution in [2.75, 3.05) is 36.0 Å². The second-order valence-corrected chi connectivity index (χ2v) is 7.49. The van der Waals surface area contributed by atoms with Crippen molar-refractivity contribution in [3.8, 4) is 0 Å². The van der Waals surface area contributed by atoms with Crippen molar-refractivity contribution >= 4 is 17.5 Å². The van der Waals surface area contributed by atoms with Crippen LogP contribution in [0.3, 0.4) is 0 Å². The Kier molecular flexibility index (Phi) is 5.60. The van der Waals surface area contributed by atoms with Gasteiger partial charge in [0.1, 0.15) is 5.54 Å². The van der Waals surface area contributed by atoms with E-state index < -0.39 is 11.4 Å². The summed E-state index contributed by atoms with van der Waals surface area (Å²) >= 11 is 0. The number of carbonyl (C=O) groups is 1. The molecule has 7 nitrogen and oxygen atoms in total. The number of carbonyl (C=O) groups excluding carboxylic acids is 1. The molecule has 0 radical (unpaired) electrons. The summed E-state index contributed by atoms with van der Waals surface area (Å²) in [6.45, 7) is 7.39. The lowest BCUT2D eigenvalue weighted by Crippen LogP contribution is -2.51. The van der Waals surface area contributed by atoms with Crippen LogP contribution in [-0.2, 0) is 10.3 Å². The van der Waals surface area contributed by atoms with Crippen molar-refractivity contribution in [3.63, 3.8) is 0 Å². The van der Waals surface area contributed by atoms with Gasteiger partial charge in [0.05, 0.1) is 5.69 Å². The van der Waals surface area contributed by atoms with E-state index in [2.05, 4.69) is 31.9 Å². The summed E-state index contributed by atoms with van der Waals surface area (Å²) in [5.74, 6) is 0.255. The van der Waals surface area contributed by atoms with Gasteiger partial charge in [0.25, 0.3) is 0 Å². The van der Waals surface area contributed by atoms with Crippen LogP contribution >= 0.6 is 0 Å². The van der Waals surface area contributed by atoms with Gasteiger partial charge < -0.3 is 21.3 Å². The van der Waals surface area contributed by atoms with Crippen LogP contribution in [-0.4, -0.2) is 42.1 Å². The lowest BCUT2D eigenvalue weighted by atomic mass is 9.86. The Balaban J connectivity index is 1.75.